The fraction of sp³-hybridized carbons (Fsp3) is 0.409. The summed E-state index contributed by atoms with van der Waals surface area (Å²) in [4.78, 5) is 14.3. The third kappa shape index (κ3) is 4.86. The molecular formula is C22H26FNO3. The maximum Gasteiger partial charge on any atom is 0.253 e. The smallest absolute Gasteiger partial charge is 0.253 e. The maximum absolute atomic E-state index is 13.1. The molecule has 1 saturated heterocycles. The number of nitrogens with zero attached hydrogens (tertiary/aromatic N) is 1. The fourth-order valence-electron chi connectivity index (χ4n) is 3.32. The minimum atomic E-state index is -0.962. The number of hydrogen-bond donors (Lipinski definition) is 1. The van der Waals surface area contributed by atoms with E-state index in [9.17, 15) is 14.3 Å². The lowest BCUT2D eigenvalue weighted by Crippen LogP contribution is -2.38. The molecule has 1 aliphatic heterocycles. The average molecular weight is 371 g/mol. The van der Waals surface area contributed by atoms with Gasteiger partial charge in [-0.25, -0.2) is 4.39 Å². The Bertz CT molecular complexity index is 806. The van der Waals surface area contributed by atoms with Gasteiger partial charge in [-0.05, 0) is 80.6 Å². The standard InChI is InChI=1S/C22H26FNO3/c1-16-4-9-20(14-17(16)2)27-15-22(26)10-3-12-24(13-11-22)21(25)18-5-7-19(23)8-6-18/h4-9,14,26H,3,10-13,15H2,1-2H3. The van der Waals surface area contributed by atoms with Gasteiger partial charge >= 0.3 is 0 Å². The van der Waals surface area contributed by atoms with E-state index in [2.05, 4.69) is 0 Å². The SMILES string of the molecule is Cc1ccc(OCC2(O)CCCN(C(=O)c3ccc(F)cc3)CC2)cc1C. The molecule has 1 amide bonds. The second-order valence-corrected chi connectivity index (χ2v) is 7.41. The summed E-state index contributed by atoms with van der Waals surface area (Å²) < 4.78 is 18.9. The van der Waals surface area contributed by atoms with Crippen molar-refractivity contribution in [1.82, 2.24) is 4.90 Å². The van der Waals surface area contributed by atoms with E-state index in [-0.39, 0.29) is 18.3 Å². The van der Waals surface area contributed by atoms with E-state index < -0.39 is 5.60 Å². The molecule has 1 heterocycles. The summed E-state index contributed by atoms with van der Waals surface area (Å²) in [6, 6.07) is 11.5. The number of halogens is 1. The molecule has 0 spiro atoms. The first kappa shape index (κ1) is 19.4. The molecule has 1 atom stereocenters. The van der Waals surface area contributed by atoms with Gasteiger partial charge in [0.15, 0.2) is 0 Å². The largest absolute Gasteiger partial charge is 0.491 e. The van der Waals surface area contributed by atoms with Gasteiger partial charge in [0.05, 0.1) is 0 Å². The zero-order chi connectivity index (χ0) is 19.4. The van der Waals surface area contributed by atoms with Crippen LogP contribution in [-0.4, -0.2) is 41.2 Å². The monoisotopic (exact) mass is 371 g/mol. The molecule has 0 radical (unpaired) electrons. The summed E-state index contributed by atoms with van der Waals surface area (Å²) >= 11 is 0. The molecule has 2 aromatic carbocycles. The van der Waals surface area contributed by atoms with Gasteiger partial charge in [-0.1, -0.05) is 6.07 Å². The van der Waals surface area contributed by atoms with Crippen molar-refractivity contribution in [2.24, 2.45) is 0 Å². The Morgan fingerprint density at radius 2 is 1.85 bits per heavy atom. The van der Waals surface area contributed by atoms with E-state index in [1.54, 1.807) is 4.90 Å². The Balaban J connectivity index is 1.60. The van der Waals surface area contributed by atoms with Gasteiger partial charge in [0.2, 0.25) is 0 Å². The molecule has 2 aromatic rings. The number of aliphatic hydroxyl groups is 1. The number of likely N-dealkylation sites (tertiary alicyclic amines) is 1. The second kappa shape index (κ2) is 8.09. The third-order valence-electron chi connectivity index (χ3n) is 5.28. The summed E-state index contributed by atoms with van der Waals surface area (Å²) in [5, 5.41) is 10.9. The number of amides is 1. The molecule has 0 aliphatic carbocycles. The van der Waals surface area contributed by atoms with E-state index in [0.29, 0.717) is 37.9 Å². The van der Waals surface area contributed by atoms with Crippen molar-refractivity contribution < 1.29 is 19.0 Å². The summed E-state index contributed by atoms with van der Waals surface area (Å²) in [5.74, 6) is 0.254. The average Bonchev–Trinajstić information content (AvgIpc) is 2.85. The van der Waals surface area contributed by atoms with Gasteiger partial charge in [0.25, 0.3) is 5.91 Å². The van der Waals surface area contributed by atoms with Crippen LogP contribution in [0.3, 0.4) is 0 Å². The number of rotatable bonds is 4. The van der Waals surface area contributed by atoms with E-state index in [4.69, 9.17) is 4.74 Å². The third-order valence-corrected chi connectivity index (χ3v) is 5.28. The van der Waals surface area contributed by atoms with Crippen LogP contribution in [0.4, 0.5) is 4.39 Å². The van der Waals surface area contributed by atoms with E-state index >= 15 is 0 Å². The Hall–Kier alpha value is -2.40. The van der Waals surface area contributed by atoms with Crippen molar-refractivity contribution in [3.05, 3.63) is 65.0 Å². The summed E-state index contributed by atoms with van der Waals surface area (Å²) in [7, 11) is 0. The lowest BCUT2D eigenvalue weighted by Gasteiger charge is -2.27. The number of benzene rings is 2. The summed E-state index contributed by atoms with van der Waals surface area (Å²) in [5.41, 5.74) is 1.85. The van der Waals surface area contributed by atoms with Crippen LogP contribution in [0.15, 0.2) is 42.5 Å². The van der Waals surface area contributed by atoms with Crippen molar-refractivity contribution in [3.63, 3.8) is 0 Å². The van der Waals surface area contributed by atoms with Crippen molar-refractivity contribution in [1.29, 1.82) is 0 Å². The maximum atomic E-state index is 13.1. The minimum Gasteiger partial charge on any atom is -0.491 e. The highest BCUT2D eigenvalue weighted by Gasteiger charge is 2.32. The zero-order valence-electron chi connectivity index (χ0n) is 15.9. The molecule has 5 heteroatoms. The van der Waals surface area contributed by atoms with Crippen LogP contribution in [0.25, 0.3) is 0 Å². The Kier molecular flexibility index (Phi) is 5.80. The highest BCUT2D eigenvalue weighted by Crippen LogP contribution is 2.25. The molecule has 0 bridgehead atoms. The Morgan fingerprint density at radius 1 is 1.11 bits per heavy atom. The fourth-order valence-corrected chi connectivity index (χ4v) is 3.32. The summed E-state index contributed by atoms with van der Waals surface area (Å²) in [6.45, 7) is 5.30. The van der Waals surface area contributed by atoms with Gasteiger partial charge in [-0.3, -0.25) is 4.79 Å². The van der Waals surface area contributed by atoms with Gasteiger partial charge in [-0.15, -0.1) is 0 Å². The number of carbonyl (C=O) groups excluding carboxylic acids is 1. The molecule has 144 valence electrons. The highest BCUT2D eigenvalue weighted by molar-refractivity contribution is 5.94. The van der Waals surface area contributed by atoms with Crippen LogP contribution in [0.5, 0.6) is 5.75 Å². The van der Waals surface area contributed by atoms with Crippen LogP contribution >= 0.6 is 0 Å². The van der Waals surface area contributed by atoms with E-state index in [0.717, 1.165) is 11.3 Å². The van der Waals surface area contributed by atoms with Crippen molar-refractivity contribution >= 4 is 5.91 Å². The first-order valence-electron chi connectivity index (χ1n) is 9.34. The molecular weight excluding hydrogens is 345 g/mol. The van der Waals surface area contributed by atoms with Crippen molar-refractivity contribution in [3.8, 4) is 5.75 Å². The molecule has 4 nitrogen and oxygen atoms in total. The molecule has 1 aliphatic rings. The molecule has 0 saturated carbocycles. The Morgan fingerprint density at radius 3 is 2.56 bits per heavy atom. The lowest BCUT2D eigenvalue weighted by atomic mass is 9.96. The molecule has 0 aromatic heterocycles. The van der Waals surface area contributed by atoms with Gasteiger partial charge in [0.1, 0.15) is 23.8 Å². The Labute approximate surface area is 159 Å². The van der Waals surface area contributed by atoms with Crippen LogP contribution in [0, 0.1) is 19.7 Å². The molecule has 3 rings (SSSR count). The minimum absolute atomic E-state index is 0.130. The molecule has 27 heavy (non-hydrogen) atoms. The molecule has 1 unspecified atom stereocenters. The zero-order valence-corrected chi connectivity index (χ0v) is 15.9. The van der Waals surface area contributed by atoms with Crippen LogP contribution in [0.2, 0.25) is 0 Å². The quantitative estimate of drug-likeness (QED) is 0.887. The number of aryl methyl sites for hydroxylation is 2. The number of hydrogen-bond acceptors (Lipinski definition) is 3. The second-order valence-electron chi connectivity index (χ2n) is 7.41. The van der Waals surface area contributed by atoms with Crippen LogP contribution < -0.4 is 4.74 Å². The molecule has 1 fully saturated rings. The lowest BCUT2D eigenvalue weighted by molar-refractivity contribution is -0.0163. The van der Waals surface area contributed by atoms with Crippen LogP contribution in [-0.2, 0) is 0 Å². The predicted octanol–water partition coefficient (Wildman–Crippen LogP) is 3.88. The van der Waals surface area contributed by atoms with Crippen molar-refractivity contribution in [2.45, 2.75) is 38.7 Å². The van der Waals surface area contributed by atoms with E-state index in [1.165, 1.54) is 29.8 Å². The number of ether oxygens (including phenoxy) is 1. The van der Waals surface area contributed by atoms with Crippen molar-refractivity contribution in [2.75, 3.05) is 19.7 Å². The first-order chi connectivity index (χ1) is 12.9. The highest BCUT2D eigenvalue weighted by atomic mass is 19.1. The predicted molar refractivity (Wildman–Crippen MR) is 103 cm³/mol. The summed E-state index contributed by atoms with van der Waals surface area (Å²) in [6.07, 6.45) is 1.72. The molecule has 1 N–H and O–H groups in total. The van der Waals surface area contributed by atoms with Gasteiger partial charge < -0.3 is 14.7 Å². The number of carbonyl (C=O) groups is 1. The van der Waals surface area contributed by atoms with Gasteiger partial charge in [0, 0.05) is 18.7 Å². The normalized spacial score (nSPS) is 20.2. The van der Waals surface area contributed by atoms with Gasteiger partial charge in [-0.2, -0.15) is 0 Å². The van der Waals surface area contributed by atoms with Crippen LogP contribution in [0.1, 0.15) is 40.7 Å². The van der Waals surface area contributed by atoms with E-state index in [1.807, 2.05) is 32.0 Å². The first-order valence-corrected chi connectivity index (χ1v) is 9.34. The topological polar surface area (TPSA) is 49.8 Å².